The Kier molecular flexibility index (Phi) is 4.54. The first-order valence-corrected chi connectivity index (χ1v) is 6.83. The molecule has 1 unspecified atom stereocenters. The highest BCUT2D eigenvalue weighted by molar-refractivity contribution is 5.81. The molecular weight excluding hydrogens is 250 g/mol. The van der Waals surface area contributed by atoms with Crippen molar-refractivity contribution in [1.82, 2.24) is 4.98 Å². The summed E-state index contributed by atoms with van der Waals surface area (Å²) in [5.41, 5.74) is 1.71. The van der Waals surface area contributed by atoms with Crippen LogP contribution in [0.2, 0.25) is 0 Å². The van der Waals surface area contributed by atoms with Gasteiger partial charge < -0.3 is 10.0 Å². The number of para-hydroxylation sites is 1. The topological polar surface area (TPSA) is 60.2 Å². The van der Waals surface area contributed by atoms with E-state index in [0.717, 1.165) is 28.8 Å². The van der Waals surface area contributed by atoms with Gasteiger partial charge in [-0.3, -0.25) is 0 Å². The highest BCUT2D eigenvalue weighted by Gasteiger charge is 2.15. The van der Waals surface area contributed by atoms with Crippen LogP contribution in [-0.2, 0) is 6.61 Å². The number of rotatable bonds is 5. The molecule has 4 nitrogen and oxygen atoms in total. The molecular formula is C16H19N3O. The Morgan fingerprint density at radius 3 is 2.80 bits per heavy atom. The second kappa shape index (κ2) is 6.36. The lowest BCUT2D eigenvalue weighted by Crippen LogP contribution is -2.29. The third-order valence-electron chi connectivity index (χ3n) is 3.35. The highest BCUT2D eigenvalue weighted by Crippen LogP contribution is 2.24. The summed E-state index contributed by atoms with van der Waals surface area (Å²) in [5.74, 6) is 0.700. The third kappa shape index (κ3) is 2.89. The molecule has 0 fully saturated rings. The lowest BCUT2D eigenvalue weighted by molar-refractivity contribution is 0.281. The molecule has 104 valence electrons. The SMILES string of the molecule is CCN(CC(C)C#N)c1nc2ccccc2cc1CO. The molecule has 0 aliphatic carbocycles. The smallest absolute Gasteiger partial charge is 0.134 e. The van der Waals surface area contributed by atoms with Crippen LogP contribution in [0.15, 0.2) is 30.3 Å². The average molecular weight is 269 g/mol. The number of nitriles is 1. The van der Waals surface area contributed by atoms with Gasteiger partial charge in [0.15, 0.2) is 0 Å². The van der Waals surface area contributed by atoms with Gasteiger partial charge in [0.25, 0.3) is 0 Å². The summed E-state index contributed by atoms with van der Waals surface area (Å²) in [6.45, 7) is 5.24. The quantitative estimate of drug-likeness (QED) is 0.906. The van der Waals surface area contributed by atoms with Gasteiger partial charge >= 0.3 is 0 Å². The van der Waals surface area contributed by atoms with Crippen LogP contribution in [0.1, 0.15) is 19.4 Å². The normalized spacial score (nSPS) is 12.1. The first kappa shape index (κ1) is 14.3. The van der Waals surface area contributed by atoms with E-state index in [1.54, 1.807) is 0 Å². The van der Waals surface area contributed by atoms with Crippen LogP contribution in [0, 0.1) is 17.2 Å². The minimum Gasteiger partial charge on any atom is -0.392 e. The fourth-order valence-electron chi connectivity index (χ4n) is 2.28. The predicted molar refractivity (Wildman–Crippen MR) is 80.3 cm³/mol. The Bertz CT molecular complexity index is 633. The molecule has 0 aliphatic heterocycles. The summed E-state index contributed by atoms with van der Waals surface area (Å²) in [6.07, 6.45) is 0. The van der Waals surface area contributed by atoms with Gasteiger partial charge in [0, 0.05) is 24.0 Å². The molecule has 0 radical (unpaired) electrons. The van der Waals surface area contributed by atoms with Crippen molar-refractivity contribution < 1.29 is 5.11 Å². The highest BCUT2D eigenvalue weighted by atomic mass is 16.3. The van der Waals surface area contributed by atoms with Crippen molar-refractivity contribution in [3.63, 3.8) is 0 Å². The number of aliphatic hydroxyl groups excluding tert-OH is 1. The van der Waals surface area contributed by atoms with Crippen molar-refractivity contribution in [2.45, 2.75) is 20.5 Å². The van der Waals surface area contributed by atoms with Crippen molar-refractivity contribution >= 4 is 16.7 Å². The molecule has 1 aromatic carbocycles. The molecule has 2 aromatic rings. The van der Waals surface area contributed by atoms with Gasteiger partial charge in [-0.2, -0.15) is 5.26 Å². The van der Waals surface area contributed by atoms with Crippen LogP contribution in [0.3, 0.4) is 0 Å². The largest absolute Gasteiger partial charge is 0.392 e. The molecule has 0 aliphatic rings. The fraction of sp³-hybridized carbons (Fsp3) is 0.375. The standard InChI is InChI=1S/C16H19N3O/c1-3-19(10-12(2)9-17)16-14(11-20)8-13-6-4-5-7-15(13)18-16/h4-8,12,20H,3,10-11H2,1-2H3. The van der Waals surface area contributed by atoms with E-state index >= 15 is 0 Å². The van der Waals surface area contributed by atoms with Crippen molar-refractivity contribution in [2.75, 3.05) is 18.0 Å². The Morgan fingerprint density at radius 2 is 2.15 bits per heavy atom. The molecule has 0 bridgehead atoms. The number of anilines is 1. The number of nitrogens with zero attached hydrogens (tertiary/aromatic N) is 3. The van der Waals surface area contributed by atoms with Crippen LogP contribution in [0.5, 0.6) is 0 Å². The monoisotopic (exact) mass is 269 g/mol. The maximum atomic E-state index is 9.58. The molecule has 1 atom stereocenters. The van der Waals surface area contributed by atoms with Crippen LogP contribution in [-0.4, -0.2) is 23.2 Å². The number of hydrogen-bond donors (Lipinski definition) is 1. The van der Waals surface area contributed by atoms with Crippen LogP contribution >= 0.6 is 0 Å². The number of benzene rings is 1. The van der Waals surface area contributed by atoms with Gasteiger partial charge in [0.2, 0.25) is 0 Å². The van der Waals surface area contributed by atoms with Gasteiger partial charge in [-0.25, -0.2) is 4.98 Å². The summed E-state index contributed by atoms with van der Waals surface area (Å²) in [5, 5.41) is 19.6. The van der Waals surface area contributed by atoms with E-state index in [1.807, 2.05) is 49.1 Å². The van der Waals surface area contributed by atoms with E-state index in [2.05, 4.69) is 11.1 Å². The second-order valence-corrected chi connectivity index (χ2v) is 4.89. The van der Waals surface area contributed by atoms with E-state index in [9.17, 15) is 5.11 Å². The molecule has 0 spiro atoms. The Hall–Kier alpha value is -2.12. The summed E-state index contributed by atoms with van der Waals surface area (Å²) >= 11 is 0. The number of aromatic nitrogens is 1. The van der Waals surface area contributed by atoms with Gasteiger partial charge in [0.1, 0.15) is 5.82 Å². The van der Waals surface area contributed by atoms with Crippen LogP contribution in [0.4, 0.5) is 5.82 Å². The zero-order valence-corrected chi connectivity index (χ0v) is 11.9. The molecule has 1 N–H and O–H groups in total. The van der Waals surface area contributed by atoms with E-state index in [1.165, 1.54) is 0 Å². The fourth-order valence-corrected chi connectivity index (χ4v) is 2.28. The van der Waals surface area contributed by atoms with E-state index < -0.39 is 0 Å². The average Bonchev–Trinajstić information content (AvgIpc) is 2.50. The molecule has 1 heterocycles. The Balaban J connectivity index is 2.47. The zero-order valence-electron chi connectivity index (χ0n) is 11.9. The Morgan fingerprint density at radius 1 is 1.40 bits per heavy atom. The van der Waals surface area contributed by atoms with Crippen LogP contribution in [0.25, 0.3) is 10.9 Å². The number of fused-ring (bicyclic) bond motifs is 1. The van der Waals surface area contributed by atoms with Crippen molar-refractivity contribution in [3.05, 3.63) is 35.9 Å². The summed E-state index contributed by atoms with van der Waals surface area (Å²) in [6, 6.07) is 12.1. The number of pyridine rings is 1. The summed E-state index contributed by atoms with van der Waals surface area (Å²) in [7, 11) is 0. The molecule has 0 saturated carbocycles. The second-order valence-electron chi connectivity index (χ2n) is 4.89. The maximum Gasteiger partial charge on any atom is 0.134 e. The van der Waals surface area contributed by atoms with Crippen molar-refractivity contribution in [1.29, 1.82) is 5.26 Å². The molecule has 20 heavy (non-hydrogen) atoms. The molecule has 1 aromatic heterocycles. The molecule has 0 saturated heterocycles. The Labute approximate surface area is 119 Å². The first-order chi connectivity index (χ1) is 9.69. The summed E-state index contributed by atoms with van der Waals surface area (Å²) < 4.78 is 0. The third-order valence-corrected chi connectivity index (χ3v) is 3.35. The van der Waals surface area contributed by atoms with Crippen molar-refractivity contribution in [2.24, 2.45) is 5.92 Å². The van der Waals surface area contributed by atoms with Gasteiger partial charge in [-0.05, 0) is 26.0 Å². The lowest BCUT2D eigenvalue weighted by atomic mass is 10.1. The van der Waals surface area contributed by atoms with E-state index in [-0.39, 0.29) is 12.5 Å². The van der Waals surface area contributed by atoms with Gasteiger partial charge in [0.05, 0.1) is 24.1 Å². The maximum absolute atomic E-state index is 9.58. The first-order valence-electron chi connectivity index (χ1n) is 6.83. The molecule has 4 heteroatoms. The van der Waals surface area contributed by atoms with Gasteiger partial charge in [-0.1, -0.05) is 18.2 Å². The lowest BCUT2D eigenvalue weighted by Gasteiger charge is -2.25. The number of aliphatic hydroxyl groups is 1. The minimum absolute atomic E-state index is 0.0510. The minimum atomic E-state index is -0.0743. The van der Waals surface area contributed by atoms with Gasteiger partial charge in [-0.15, -0.1) is 0 Å². The van der Waals surface area contributed by atoms with Crippen LogP contribution < -0.4 is 4.90 Å². The van der Waals surface area contributed by atoms with E-state index in [4.69, 9.17) is 5.26 Å². The zero-order chi connectivity index (χ0) is 14.5. The molecule has 2 rings (SSSR count). The predicted octanol–water partition coefficient (Wildman–Crippen LogP) is 2.71. The summed E-state index contributed by atoms with van der Waals surface area (Å²) in [4.78, 5) is 6.71. The van der Waals surface area contributed by atoms with E-state index in [0.29, 0.717) is 6.54 Å². The number of hydrogen-bond acceptors (Lipinski definition) is 4. The van der Waals surface area contributed by atoms with Crippen molar-refractivity contribution in [3.8, 4) is 6.07 Å². The molecule has 0 amide bonds.